The molecule has 16 heavy (non-hydrogen) atoms. The molecule has 0 saturated heterocycles. The molecule has 0 bridgehead atoms. The van der Waals surface area contributed by atoms with E-state index in [-0.39, 0.29) is 5.75 Å². The summed E-state index contributed by atoms with van der Waals surface area (Å²) in [4.78, 5) is 7.07. The number of hydrogen-bond acceptors (Lipinski definition) is 3. The molecule has 0 unspecified atom stereocenters. The second kappa shape index (κ2) is 4.23. The molecule has 2 rings (SSSR count). The third kappa shape index (κ3) is 2.40. The summed E-state index contributed by atoms with van der Waals surface area (Å²) in [5.41, 5.74) is 2.70. The topological polar surface area (TPSA) is 74.8 Å². The maximum Gasteiger partial charge on any atom is 0.211 e. The Labute approximate surface area is 93.9 Å². The molecule has 2 aromatic rings. The molecule has 0 spiro atoms. The predicted molar refractivity (Wildman–Crippen MR) is 62.4 cm³/mol. The third-order valence-electron chi connectivity index (χ3n) is 2.36. The van der Waals surface area contributed by atoms with Crippen molar-refractivity contribution in [2.24, 2.45) is 0 Å². The summed E-state index contributed by atoms with van der Waals surface area (Å²) in [5, 5.41) is 0. The van der Waals surface area contributed by atoms with E-state index in [0.717, 1.165) is 16.6 Å². The maximum absolute atomic E-state index is 11.3. The van der Waals surface area contributed by atoms with E-state index >= 15 is 0 Å². The number of benzene rings is 1. The van der Waals surface area contributed by atoms with Gasteiger partial charge in [0.1, 0.15) is 0 Å². The summed E-state index contributed by atoms with van der Waals surface area (Å²) in [6.45, 7) is 1.92. The van der Waals surface area contributed by atoms with E-state index in [2.05, 4.69) is 14.7 Å². The minimum absolute atomic E-state index is 0.0965. The van der Waals surface area contributed by atoms with Crippen LogP contribution >= 0.6 is 0 Å². The van der Waals surface area contributed by atoms with Gasteiger partial charge in [-0.25, -0.2) is 18.1 Å². The standard InChI is InChI=1S/C10H13N3O2S/c1-2-16(14,15)13-6-8-3-4-9-10(5-8)12-7-11-9/h3-5,7,13H,2,6H2,1H3,(H,11,12). The van der Waals surface area contributed by atoms with E-state index in [0.29, 0.717) is 6.54 Å². The van der Waals surface area contributed by atoms with Crippen LogP contribution in [0.25, 0.3) is 11.0 Å². The van der Waals surface area contributed by atoms with Gasteiger partial charge in [-0.1, -0.05) is 6.07 Å². The fourth-order valence-electron chi connectivity index (χ4n) is 1.39. The van der Waals surface area contributed by atoms with Crippen LogP contribution < -0.4 is 4.72 Å². The van der Waals surface area contributed by atoms with Crippen molar-refractivity contribution in [2.75, 3.05) is 5.75 Å². The van der Waals surface area contributed by atoms with Gasteiger partial charge in [0.25, 0.3) is 0 Å². The van der Waals surface area contributed by atoms with Crippen LogP contribution in [0.4, 0.5) is 0 Å². The molecule has 0 aliphatic heterocycles. The zero-order valence-electron chi connectivity index (χ0n) is 8.90. The first-order chi connectivity index (χ1) is 7.61. The number of nitrogens with one attached hydrogen (secondary N) is 2. The summed E-state index contributed by atoms with van der Waals surface area (Å²) < 4.78 is 25.0. The van der Waals surface area contributed by atoms with E-state index in [1.165, 1.54) is 0 Å². The number of rotatable bonds is 4. The van der Waals surface area contributed by atoms with Crippen molar-refractivity contribution in [2.45, 2.75) is 13.5 Å². The van der Waals surface area contributed by atoms with Gasteiger partial charge in [0.05, 0.1) is 23.1 Å². The number of sulfonamides is 1. The van der Waals surface area contributed by atoms with Crippen LogP contribution in [0.3, 0.4) is 0 Å². The van der Waals surface area contributed by atoms with Crippen LogP contribution in [0.5, 0.6) is 0 Å². The molecule has 5 nitrogen and oxygen atoms in total. The van der Waals surface area contributed by atoms with E-state index in [4.69, 9.17) is 0 Å². The van der Waals surface area contributed by atoms with Crippen LogP contribution in [0.1, 0.15) is 12.5 Å². The van der Waals surface area contributed by atoms with Crippen molar-refractivity contribution < 1.29 is 8.42 Å². The molecule has 86 valence electrons. The van der Waals surface area contributed by atoms with Gasteiger partial charge in [0, 0.05) is 6.54 Å². The SMILES string of the molecule is CCS(=O)(=O)NCc1ccc2nc[nH]c2c1. The molecule has 2 N–H and O–H groups in total. The lowest BCUT2D eigenvalue weighted by Crippen LogP contribution is -2.24. The Morgan fingerprint density at radius 1 is 1.44 bits per heavy atom. The third-order valence-corrected chi connectivity index (χ3v) is 3.71. The number of hydrogen-bond donors (Lipinski definition) is 2. The Morgan fingerprint density at radius 2 is 2.25 bits per heavy atom. The largest absolute Gasteiger partial charge is 0.345 e. The highest BCUT2D eigenvalue weighted by Gasteiger charge is 2.06. The minimum atomic E-state index is -3.13. The Hall–Kier alpha value is -1.40. The van der Waals surface area contributed by atoms with Gasteiger partial charge in [0.2, 0.25) is 10.0 Å². The van der Waals surface area contributed by atoms with Gasteiger partial charge >= 0.3 is 0 Å². The molecule has 6 heteroatoms. The second-order valence-corrected chi connectivity index (χ2v) is 5.57. The molecule has 0 amide bonds. The van der Waals surface area contributed by atoms with Crippen LogP contribution in [-0.2, 0) is 16.6 Å². The van der Waals surface area contributed by atoms with Gasteiger partial charge in [-0.3, -0.25) is 0 Å². The zero-order chi connectivity index (χ0) is 11.6. The molecule has 0 radical (unpaired) electrons. The van der Waals surface area contributed by atoms with Gasteiger partial charge in [-0.2, -0.15) is 0 Å². The fraction of sp³-hybridized carbons (Fsp3) is 0.300. The molecule has 0 aliphatic carbocycles. The Kier molecular flexibility index (Phi) is 2.93. The lowest BCUT2D eigenvalue weighted by Gasteiger charge is -2.04. The summed E-state index contributed by atoms with van der Waals surface area (Å²) in [6, 6.07) is 5.61. The van der Waals surface area contributed by atoms with Crippen LogP contribution in [0.2, 0.25) is 0 Å². The predicted octanol–water partition coefficient (Wildman–Crippen LogP) is 1.00. The van der Waals surface area contributed by atoms with E-state index in [1.54, 1.807) is 13.3 Å². The number of aromatic amines is 1. The Balaban J connectivity index is 2.15. The number of aromatic nitrogens is 2. The van der Waals surface area contributed by atoms with Gasteiger partial charge in [-0.15, -0.1) is 0 Å². The van der Waals surface area contributed by atoms with Gasteiger partial charge in [-0.05, 0) is 24.6 Å². The van der Waals surface area contributed by atoms with Crippen molar-refractivity contribution in [3.63, 3.8) is 0 Å². The monoisotopic (exact) mass is 239 g/mol. The lowest BCUT2D eigenvalue weighted by atomic mass is 10.2. The first kappa shape index (κ1) is 11.1. The molecular weight excluding hydrogens is 226 g/mol. The van der Waals surface area contributed by atoms with E-state index in [1.807, 2.05) is 18.2 Å². The summed E-state index contributed by atoms with van der Waals surface area (Å²) in [7, 11) is -3.13. The van der Waals surface area contributed by atoms with Crippen molar-refractivity contribution in [1.82, 2.24) is 14.7 Å². The van der Waals surface area contributed by atoms with Crippen molar-refractivity contribution in [3.8, 4) is 0 Å². The number of nitrogens with zero attached hydrogens (tertiary/aromatic N) is 1. The Bertz CT molecular complexity index is 589. The molecule has 0 fully saturated rings. The van der Waals surface area contributed by atoms with Crippen LogP contribution in [0.15, 0.2) is 24.5 Å². The molecule has 0 aliphatic rings. The smallest absolute Gasteiger partial charge is 0.211 e. The first-order valence-corrected chi connectivity index (χ1v) is 6.65. The molecule has 1 heterocycles. The first-order valence-electron chi connectivity index (χ1n) is 5.00. The second-order valence-electron chi connectivity index (χ2n) is 3.48. The van der Waals surface area contributed by atoms with Crippen LogP contribution in [-0.4, -0.2) is 24.1 Å². The Morgan fingerprint density at radius 3 is 3.00 bits per heavy atom. The summed E-state index contributed by atoms with van der Waals surface area (Å²) in [6.07, 6.45) is 1.62. The summed E-state index contributed by atoms with van der Waals surface area (Å²) >= 11 is 0. The number of fused-ring (bicyclic) bond motifs is 1. The number of H-pyrrole nitrogens is 1. The number of imidazole rings is 1. The molecule has 0 saturated carbocycles. The van der Waals surface area contributed by atoms with Crippen molar-refractivity contribution in [1.29, 1.82) is 0 Å². The van der Waals surface area contributed by atoms with Gasteiger partial charge < -0.3 is 4.98 Å². The molecular formula is C10H13N3O2S. The fourth-order valence-corrected chi connectivity index (χ4v) is 1.98. The zero-order valence-corrected chi connectivity index (χ0v) is 9.71. The van der Waals surface area contributed by atoms with E-state index in [9.17, 15) is 8.42 Å². The normalized spacial score (nSPS) is 12.1. The van der Waals surface area contributed by atoms with E-state index < -0.39 is 10.0 Å². The maximum atomic E-state index is 11.3. The quantitative estimate of drug-likeness (QED) is 0.836. The lowest BCUT2D eigenvalue weighted by molar-refractivity contribution is 0.582. The van der Waals surface area contributed by atoms with Crippen molar-refractivity contribution >= 4 is 21.1 Å². The molecule has 0 atom stereocenters. The molecule has 1 aromatic heterocycles. The average molecular weight is 239 g/mol. The average Bonchev–Trinajstić information content (AvgIpc) is 2.73. The highest BCUT2D eigenvalue weighted by molar-refractivity contribution is 7.89. The minimum Gasteiger partial charge on any atom is -0.345 e. The van der Waals surface area contributed by atoms with Crippen molar-refractivity contribution in [3.05, 3.63) is 30.1 Å². The van der Waals surface area contributed by atoms with Crippen LogP contribution in [0, 0.1) is 0 Å². The van der Waals surface area contributed by atoms with Gasteiger partial charge in [0.15, 0.2) is 0 Å². The highest BCUT2D eigenvalue weighted by atomic mass is 32.2. The highest BCUT2D eigenvalue weighted by Crippen LogP contribution is 2.11. The summed E-state index contributed by atoms with van der Waals surface area (Å²) in [5.74, 6) is 0.0965. The molecule has 1 aromatic carbocycles.